The third kappa shape index (κ3) is 4.80. The second kappa shape index (κ2) is 7.79. The van der Waals surface area contributed by atoms with Crippen molar-refractivity contribution in [1.29, 1.82) is 0 Å². The fourth-order valence-electron chi connectivity index (χ4n) is 3.26. The average molecular weight is 336 g/mol. The van der Waals surface area contributed by atoms with Gasteiger partial charge in [0.1, 0.15) is 0 Å². The van der Waals surface area contributed by atoms with Crippen LogP contribution in [0, 0.1) is 13.8 Å². The number of carbonyl (C=O) groups is 2. The van der Waals surface area contributed by atoms with Gasteiger partial charge in [-0.1, -0.05) is 0 Å². The van der Waals surface area contributed by atoms with Crippen LogP contribution in [0.5, 0.6) is 0 Å². The molecule has 0 unspecified atom stereocenters. The van der Waals surface area contributed by atoms with Gasteiger partial charge in [0.15, 0.2) is 0 Å². The first-order valence-corrected chi connectivity index (χ1v) is 8.55. The molecule has 24 heavy (non-hydrogen) atoms. The van der Waals surface area contributed by atoms with Gasteiger partial charge in [0.25, 0.3) is 0 Å². The topological polar surface area (TPSA) is 87.5 Å². The quantitative estimate of drug-likeness (QED) is 0.803. The molecule has 2 heterocycles. The maximum absolute atomic E-state index is 12.5. The van der Waals surface area contributed by atoms with Crippen LogP contribution in [-0.4, -0.2) is 57.3 Å². The molecular weight excluding hydrogens is 308 g/mol. The van der Waals surface area contributed by atoms with Gasteiger partial charge in [0, 0.05) is 45.2 Å². The monoisotopic (exact) mass is 336 g/mol. The zero-order valence-corrected chi connectivity index (χ0v) is 14.8. The van der Waals surface area contributed by atoms with Gasteiger partial charge in [-0.05, 0) is 39.2 Å². The molecule has 2 rings (SSSR count). The van der Waals surface area contributed by atoms with Crippen molar-refractivity contribution in [2.75, 3.05) is 20.1 Å². The summed E-state index contributed by atoms with van der Waals surface area (Å²) in [5, 5.41) is 17.6. The summed E-state index contributed by atoms with van der Waals surface area (Å²) in [6, 6.07) is 1.99. The molecule has 0 spiro atoms. The predicted molar refractivity (Wildman–Crippen MR) is 90.4 cm³/mol. The van der Waals surface area contributed by atoms with E-state index in [1.54, 1.807) is 11.9 Å². The Morgan fingerprint density at radius 2 is 2.12 bits per heavy atom. The number of rotatable bonds is 6. The molecule has 1 fully saturated rings. The number of amides is 2. The van der Waals surface area contributed by atoms with E-state index in [9.17, 15) is 14.7 Å². The first-order chi connectivity index (χ1) is 11.3. The summed E-state index contributed by atoms with van der Waals surface area (Å²) in [5.74, 6) is -0.0583. The molecule has 1 aliphatic heterocycles. The lowest BCUT2D eigenvalue weighted by Gasteiger charge is -2.39. The molecule has 1 aliphatic rings. The molecule has 0 bridgehead atoms. The lowest BCUT2D eigenvalue weighted by atomic mass is 9.88. The molecule has 134 valence electrons. The minimum atomic E-state index is -0.960. The van der Waals surface area contributed by atoms with Crippen molar-refractivity contribution < 1.29 is 14.7 Å². The summed E-state index contributed by atoms with van der Waals surface area (Å²) in [6.45, 7) is 5.43. The van der Waals surface area contributed by atoms with E-state index in [-0.39, 0.29) is 18.2 Å². The Balaban J connectivity index is 1.87. The molecule has 0 aromatic carbocycles. The molecule has 2 amide bonds. The predicted octanol–water partition coefficient (Wildman–Crippen LogP) is 0.770. The molecule has 1 atom stereocenters. The molecule has 1 saturated heterocycles. The van der Waals surface area contributed by atoms with Gasteiger partial charge in [0.2, 0.25) is 11.8 Å². The summed E-state index contributed by atoms with van der Waals surface area (Å²) in [7, 11) is 1.59. The SMILES string of the molecule is CNC(=O)CC[C@]1(O)CCCN(C(=O)CCn2nc(C)cc2C)C1. The lowest BCUT2D eigenvalue weighted by Crippen LogP contribution is -2.50. The molecule has 0 radical (unpaired) electrons. The van der Waals surface area contributed by atoms with Crippen molar-refractivity contribution in [2.45, 2.75) is 58.1 Å². The molecule has 1 aromatic heterocycles. The van der Waals surface area contributed by atoms with Crippen molar-refractivity contribution in [2.24, 2.45) is 0 Å². The smallest absolute Gasteiger partial charge is 0.224 e. The number of likely N-dealkylation sites (tertiary alicyclic amines) is 1. The van der Waals surface area contributed by atoms with Gasteiger partial charge < -0.3 is 15.3 Å². The standard InChI is InChI=1S/C17H28N4O3/c1-13-11-14(2)21(19-13)10-6-16(23)20-9-4-7-17(24,12-20)8-5-15(22)18-3/h11,24H,4-10,12H2,1-3H3,(H,18,22)/t17-/m1/s1. The molecular formula is C17H28N4O3. The third-order valence-electron chi connectivity index (χ3n) is 4.65. The number of hydrogen-bond acceptors (Lipinski definition) is 4. The van der Waals surface area contributed by atoms with Crippen LogP contribution >= 0.6 is 0 Å². The maximum Gasteiger partial charge on any atom is 0.224 e. The van der Waals surface area contributed by atoms with Crippen molar-refractivity contribution in [3.63, 3.8) is 0 Å². The number of aliphatic hydroxyl groups is 1. The van der Waals surface area contributed by atoms with E-state index < -0.39 is 5.60 Å². The van der Waals surface area contributed by atoms with Gasteiger partial charge in [-0.25, -0.2) is 0 Å². The molecule has 0 saturated carbocycles. The van der Waals surface area contributed by atoms with Gasteiger partial charge in [-0.2, -0.15) is 5.10 Å². The van der Waals surface area contributed by atoms with Crippen LogP contribution in [0.2, 0.25) is 0 Å². The Labute approximate surface area is 143 Å². The number of nitrogens with one attached hydrogen (secondary N) is 1. The molecule has 7 nitrogen and oxygen atoms in total. The van der Waals surface area contributed by atoms with Crippen molar-refractivity contribution in [1.82, 2.24) is 20.0 Å². The third-order valence-corrected chi connectivity index (χ3v) is 4.65. The number of nitrogens with zero attached hydrogens (tertiary/aromatic N) is 3. The number of carbonyl (C=O) groups excluding carboxylic acids is 2. The summed E-state index contributed by atoms with van der Waals surface area (Å²) < 4.78 is 1.84. The molecule has 2 N–H and O–H groups in total. The minimum Gasteiger partial charge on any atom is -0.388 e. The number of β-amino-alcohol motifs (C(OH)–C–C–N with tert-alkyl or cyclic N) is 1. The fraction of sp³-hybridized carbons (Fsp3) is 0.706. The first-order valence-electron chi connectivity index (χ1n) is 8.55. The van der Waals surface area contributed by atoms with Crippen LogP contribution in [0.4, 0.5) is 0 Å². The Hall–Kier alpha value is -1.89. The summed E-state index contributed by atoms with van der Waals surface area (Å²) in [5.41, 5.74) is 1.03. The van der Waals surface area contributed by atoms with Crippen LogP contribution in [0.15, 0.2) is 6.07 Å². The number of aromatic nitrogens is 2. The highest BCUT2D eigenvalue weighted by Gasteiger charge is 2.35. The van der Waals surface area contributed by atoms with E-state index in [0.717, 1.165) is 17.8 Å². The highest BCUT2D eigenvalue weighted by Crippen LogP contribution is 2.26. The van der Waals surface area contributed by atoms with Crippen molar-refractivity contribution >= 4 is 11.8 Å². The number of piperidine rings is 1. The van der Waals surface area contributed by atoms with Crippen molar-refractivity contribution in [3.8, 4) is 0 Å². The van der Waals surface area contributed by atoms with E-state index >= 15 is 0 Å². The highest BCUT2D eigenvalue weighted by molar-refractivity contribution is 5.76. The van der Waals surface area contributed by atoms with E-state index in [0.29, 0.717) is 38.9 Å². The zero-order chi connectivity index (χ0) is 17.7. The number of aryl methyl sites for hydroxylation is 3. The van der Waals surface area contributed by atoms with Crippen LogP contribution in [0.1, 0.15) is 43.5 Å². The summed E-state index contributed by atoms with van der Waals surface area (Å²) >= 11 is 0. The van der Waals surface area contributed by atoms with E-state index in [2.05, 4.69) is 10.4 Å². The minimum absolute atomic E-state index is 0.0284. The maximum atomic E-state index is 12.5. The lowest BCUT2D eigenvalue weighted by molar-refractivity contribution is -0.139. The second-order valence-corrected chi connectivity index (χ2v) is 6.72. The molecule has 7 heteroatoms. The molecule has 1 aromatic rings. The zero-order valence-electron chi connectivity index (χ0n) is 14.8. The Bertz CT molecular complexity index is 599. The highest BCUT2D eigenvalue weighted by atomic mass is 16.3. The van der Waals surface area contributed by atoms with E-state index in [4.69, 9.17) is 0 Å². The van der Waals surface area contributed by atoms with E-state index in [1.807, 2.05) is 24.6 Å². The Morgan fingerprint density at radius 3 is 2.75 bits per heavy atom. The summed E-state index contributed by atoms with van der Waals surface area (Å²) in [6.07, 6.45) is 2.42. The van der Waals surface area contributed by atoms with Crippen molar-refractivity contribution in [3.05, 3.63) is 17.5 Å². The Morgan fingerprint density at radius 1 is 1.38 bits per heavy atom. The summed E-state index contributed by atoms with van der Waals surface area (Å²) in [4.78, 5) is 25.6. The first kappa shape index (κ1) is 18.4. The van der Waals surface area contributed by atoms with Crippen LogP contribution in [-0.2, 0) is 16.1 Å². The molecule has 0 aliphatic carbocycles. The largest absolute Gasteiger partial charge is 0.388 e. The van der Waals surface area contributed by atoms with Gasteiger partial charge in [-0.3, -0.25) is 14.3 Å². The van der Waals surface area contributed by atoms with Gasteiger partial charge in [0.05, 0.1) is 11.3 Å². The second-order valence-electron chi connectivity index (χ2n) is 6.72. The van der Waals surface area contributed by atoms with Crippen LogP contribution in [0.3, 0.4) is 0 Å². The van der Waals surface area contributed by atoms with Crippen LogP contribution in [0.25, 0.3) is 0 Å². The normalized spacial score (nSPS) is 20.9. The fourth-order valence-corrected chi connectivity index (χ4v) is 3.26. The van der Waals surface area contributed by atoms with Gasteiger partial charge >= 0.3 is 0 Å². The average Bonchev–Trinajstić information content (AvgIpc) is 2.88. The van der Waals surface area contributed by atoms with Crippen LogP contribution < -0.4 is 5.32 Å². The number of hydrogen-bond donors (Lipinski definition) is 2. The van der Waals surface area contributed by atoms with Gasteiger partial charge in [-0.15, -0.1) is 0 Å². The Kier molecular flexibility index (Phi) is 5.99. The van der Waals surface area contributed by atoms with E-state index in [1.165, 1.54) is 0 Å².